The normalized spacial score (nSPS) is 17.6. The molecule has 2 aromatic rings. The van der Waals surface area contributed by atoms with E-state index in [1.54, 1.807) is 24.3 Å². The summed E-state index contributed by atoms with van der Waals surface area (Å²) in [6.45, 7) is 9.25. The van der Waals surface area contributed by atoms with Crippen molar-refractivity contribution in [1.29, 1.82) is 0 Å². The van der Waals surface area contributed by atoms with Gasteiger partial charge in [0.1, 0.15) is 23.7 Å². The summed E-state index contributed by atoms with van der Waals surface area (Å²) in [7, 11) is -3.21. The van der Waals surface area contributed by atoms with Crippen LogP contribution in [0.1, 0.15) is 51.2 Å². The van der Waals surface area contributed by atoms with Gasteiger partial charge in [0.2, 0.25) is 0 Å². The van der Waals surface area contributed by atoms with Gasteiger partial charge in [-0.1, -0.05) is 18.2 Å². The van der Waals surface area contributed by atoms with E-state index >= 15 is 0 Å². The highest BCUT2D eigenvalue weighted by atomic mass is 32.2. The Hall–Kier alpha value is -2.58. The van der Waals surface area contributed by atoms with Crippen molar-refractivity contribution in [2.75, 3.05) is 32.5 Å². The van der Waals surface area contributed by atoms with Crippen molar-refractivity contribution >= 4 is 15.8 Å². The second-order valence-corrected chi connectivity index (χ2v) is 12.6. The molecule has 1 saturated heterocycles. The molecule has 0 bridgehead atoms. The SMILES string of the molecule is CC(C)(C)OC(=O)CCN1CCC2(CC1)COc1cc(OCc3ccc(S(C)(=O)=O)cc3)ccc12. The van der Waals surface area contributed by atoms with Crippen LogP contribution in [0.25, 0.3) is 0 Å². The maximum absolute atomic E-state index is 12.0. The van der Waals surface area contributed by atoms with E-state index in [1.165, 1.54) is 11.8 Å². The summed E-state index contributed by atoms with van der Waals surface area (Å²) in [4.78, 5) is 14.7. The maximum atomic E-state index is 12.0. The lowest BCUT2D eigenvalue weighted by Crippen LogP contribution is -2.44. The van der Waals surface area contributed by atoms with Gasteiger partial charge in [0, 0.05) is 29.8 Å². The summed E-state index contributed by atoms with van der Waals surface area (Å²) in [5.41, 5.74) is 1.69. The van der Waals surface area contributed by atoms with Crippen LogP contribution in [0, 0.1) is 0 Å². The Balaban J connectivity index is 1.31. The van der Waals surface area contributed by atoms with Gasteiger partial charge in [-0.2, -0.15) is 0 Å². The predicted molar refractivity (Wildman–Crippen MR) is 134 cm³/mol. The first-order valence-electron chi connectivity index (χ1n) is 12.1. The molecule has 190 valence electrons. The smallest absolute Gasteiger partial charge is 0.307 e. The fourth-order valence-corrected chi connectivity index (χ4v) is 5.33. The van der Waals surface area contributed by atoms with Crippen LogP contribution in [0.2, 0.25) is 0 Å². The van der Waals surface area contributed by atoms with Crippen LogP contribution in [-0.4, -0.2) is 57.4 Å². The molecule has 1 spiro atoms. The Morgan fingerprint density at radius 3 is 2.40 bits per heavy atom. The van der Waals surface area contributed by atoms with Crippen LogP contribution in [0.15, 0.2) is 47.4 Å². The lowest BCUT2D eigenvalue weighted by Gasteiger charge is -2.38. The van der Waals surface area contributed by atoms with Crippen molar-refractivity contribution in [3.05, 3.63) is 53.6 Å². The lowest BCUT2D eigenvalue weighted by atomic mass is 9.74. The summed E-state index contributed by atoms with van der Waals surface area (Å²) < 4.78 is 40.7. The second-order valence-electron chi connectivity index (χ2n) is 10.6. The van der Waals surface area contributed by atoms with E-state index in [2.05, 4.69) is 11.0 Å². The van der Waals surface area contributed by atoms with Crippen molar-refractivity contribution in [2.24, 2.45) is 0 Å². The summed E-state index contributed by atoms with van der Waals surface area (Å²) in [5, 5.41) is 0. The molecule has 2 aliphatic heterocycles. The van der Waals surface area contributed by atoms with Gasteiger partial charge < -0.3 is 19.1 Å². The van der Waals surface area contributed by atoms with Crippen molar-refractivity contribution in [3.8, 4) is 11.5 Å². The first-order valence-corrected chi connectivity index (χ1v) is 14.0. The maximum Gasteiger partial charge on any atom is 0.307 e. The standard InChI is InChI=1S/C27H35NO6S/c1-26(2,3)34-25(29)11-14-28-15-12-27(13-16-28)19-33-24-17-21(7-10-23(24)27)32-18-20-5-8-22(9-6-20)35(4,30)31/h5-10,17H,11-16,18-19H2,1-4H3. The molecule has 0 N–H and O–H groups in total. The van der Waals surface area contributed by atoms with Gasteiger partial charge in [-0.25, -0.2) is 8.42 Å². The molecule has 0 atom stereocenters. The number of carbonyl (C=O) groups excluding carboxylic acids is 1. The fraction of sp³-hybridized carbons (Fsp3) is 0.519. The molecule has 4 rings (SSSR count). The van der Waals surface area contributed by atoms with Crippen LogP contribution in [0.3, 0.4) is 0 Å². The largest absolute Gasteiger partial charge is 0.492 e. The fourth-order valence-electron chi connectivity index (χ4n) is 4.70. The molecule has 0 saturated carbocycles. The van der Waals surface area contributed by atoms with Crippen LogP contribution < -0.4 is 9.47 Å². The number of sulfone groups is 1. The zero-order valence-electron chi connectivity index (χ0n) is 21.0. The summed E-state index contributed by atoms with van der Waals surface area (Å²) >= 11 is 0. The van der Waals surface area contributed by atoms with Gasteiger partial charge in [0.15, 0.2) is 9.84 Å². The molecule has 1 fully saturated rings. The minimum atomic E-state index is -3.21. The Labute approximate surface area is 208 Å². The topological polar surface area (TPSA) is 82.1 Å². The number of carbonyl (C=O) groups is 1. The third-order valence-corrected chi connectivity index (χ3v) is 7.78. The Morgan fingerprint density at radius 2 is 1.77 bits per heavy atom. The van der Waals surface area contributed by atoms with E-state index in [-0.39, 0.29) is 11.4 Å². The first kappa shape index (κ1) is 25.5. The molecule has 0 aromatic heterocycles. The van der Waals surface area contributed by atoms with Gasteiger partial charge >= 0.3 is 5.97 Å². The highest BCUT2D eigenvalue weighted by Crippen LogP contribution is 2.46. The highest BCUT2D eigenvalue weighted by molar-refractivity contribution is 7.90. The minimum Gasteiger partial charge on any atom is -0.492 e. The van der Waals surface area contributed by atoms with Gasteiger partial charge in [-0.05, 0) is 70.5 Å². The molecule has 2 heterocycles. The quantitative estimate of drug-likeness (QED) is 0.528. The summed E-state index contributed by atoms with van der Waals surface area (Å²) in [6.07, 6.45) is 3.58. The van der Waals surface area contributed by atoms with Crippen LogP contribution in [0.5, 0.6) is 11.5 Å². The number of rotatable bonds is 7. The van der Waals surface area contributed by atoms with Crippen molar-refractivity contribution < 1.29 is 27.4 Å². The number of fused-ring (bicyclic) bond motifs is 2. The number of esters is 1. The van der Waals surface area contributed by atoms with Gasteiger partial charge in [0.25, 0.3) is 0 Å². The van der Waals surface area contributed by atoms with Crippen LogP contribution in [-0.2, 0) is 31.4 Å². The Kier molecular flexibility index (Phi) is 7.16. The molecule has 0 amide bonds. The zero-order valence-corrected chi connectivity index (χ0v) is 21.8. The third kappa shape index (κ3) is 6.35. The van der Waals surface area contributed by atoms with Crippen LogP contribution in [0.4, 0.5) is 0 Å². The third-order valence-electron chi connectivity index (χ3n) is 6.65. The Morgan fingerprint density at radius 1 is 1.09 bits per heavy atom. The first-order chi connectivity index (χ1) is 16.4. The molecular weight excluding hydrogens is 466 g/mol. The number of nitrogens with zero attached hydrogens (tertiary/aromatic N) is 1. The second kappa shape index (κ2) is 9.82. The number of hydrogen-bond donors (Lipinski definition) is 0. The highest BCUT2D eigenvalue weighted by Gasteiger charge is 2.43. The lowest BCUT2D eigenvalue weighted by molar-refractivity contribution is -0.155. The molecule has 0 aliphatic carbocycles. The van der Waals surface area contributed by atoms with Crippen molar-refractivity contribution in [2.45, 2.75) is 62.6 Å². The number of likely N-dealkylation sites (tertiary alicyclic amines) is 1. The molecule has 2 aromatic carbocycles. The number of piperidine rings is 1. The van der Waals surface area contributed by atoms with E-state index in [0.717, 1.165) is 49.5 Å². The molecule has 2 aliphatic rings. The number of hydrogen-bond acceptors (Lipinski definition) is 7. The Bertz CT molecular complexity index is 1160. The van der Waals surface area contributed by atoms with E-state index < -0.39 is 15.4 Å². The number of ether oxygens (including phenoxy) is 3. The van der Waals surface area contributed by atoms with E-state index in [9.17, 15) is 13.2 Å². The number of benzene rings is 2. The van der Waals surface area contributed by atoms with E-state index in [0.29, 0.717) is 24.5 Å². The van der Waals surface area contributed by atoms with E-state index in [4.69, 9.17) is 14.2 Å². The summed E-state index contributed by atoms with van der Waals surface area (Å²) in [5.74, 6) is 1.45. The monoisotopic (exact) mass is 501 g/mol. The van der Waals surface area contributed by atoms with Crippen molar-refractivity contribution in [1.82, 2.24) is 4.90 Å². The van der Waals surface area contributed by atoms with Crippen LogP contribution >= 0.6 is 0 Å². The molecular formula is C27H35NO6S. The van der Waals surface area contributed by atoms with Crippen molar-refractivity contribution in [3.63, 3.8) is 0 Å². The molecule has 35 heavy (non-hydrogen) atoms. The molecule has 0 unspecified atom stereocenters. The summed E-state index contributed by atoms with van der Waals surface area (Å²) in [6, 6.07) is 12.8. The predicted octanol–water partition coefficient (Wildman–Crippen LogP) is 4.13. The zero-order chi connectivity index (χ0) is 25.3. The van der Waals surface area contributed by atoms with E-state index in [1.807, 2.05) is 32.9 Å². The molecule has 7 nitrogen and oxygen atoms in total. The van der Waals surface area contributed by atoms with Gasteiger partial charge in [0.05, 0.1) is 17.9 Å². The van der Waals surface area contributed by atoms with Gasteiger partial charge in [-0.15, -0.1) is 0 Å². The molecule has 0 radical (unpaired) electrons. The minimum absolute atomic E-state index is 0.0117. The average Bonchev–Trinajstić information content (AvgIpc) is 3.13. The molecule has 8 heteroatoms. The average molecular weight is 502 g/mol. The van der Waals surface area contributed by atoms with Gasteiger partial charge in [-0.3, -0.25) is 4.79 Å².